The molecule has 2 aromatic rings. The van der Waals surface area contributed by atoms with Crippen LogP contribution in [0.2, 0.25) is 0 Å². The minimum atomic E-state index is -0.730. The zero-order chi connectivity index (χ0) is 15.3. The molecule has 2 rings (SSSR count). The van der Waals surface area contributed by atoms with Crippen molar-refractivity contribution in [2.75, 3.05) is 20.6 Å². The summed E-state index contributed by atoms with van der Waals surface area (Å²) in [6, 6.07) is 19.3. The molecule has 0 bridgehead atoms. The molecule has 0 aliphatic rings. The van der Waals surface area contributed by atoms with E-state index in [4.69, 9.17) is 4.74 Å². The van der Waals surface area contributed by atoms with Crippen molar-refractivity contribution in [2.24, 2.45) is 0 Å². The fourth-order valence-corrected chi connectivity index (χ4v) is 2.55. The normalized spacial score (nSPS) is 15.5. The van der Waals surface area contributed by atoms with Gasteiger partial charge in [-0.25, -0.2) is 0 Å². The standard InChI is InChI=1S/C18H23NO2/c1-18(14-19(2)3,21-16-12-8-5-9-13-16)17(20)15-10-6-4-7-11-15/h4-13,17,20H,14H2,1-3H3/t17-,18-/m0/s1. The van der Waals surface area contributed by atoms with Crippen LogP contribution < -0.4 is 4.74 Å². The quantitative estimate of drug-likeness (QED) is 0.885. The maximum atomic E-state index is 10.8. The zero-order valence-corrected chi connectivity index (χ0v) is 12.9. The minimum Gasteiger partial charge on any atom is -0.483 e. The number of rotatable bonds is 6. The summed E-state index contributed by atoms with van der Waals surface area (Å²) in [5.41, 5.74) is 0.129. The molecule has 0 unspecified atom stereocenters. The lowest BCUT2D eigenvalue weighted by Crippen LogP contribution is -2.47. The van der Waals surface area contributed by atoms with Crippen molar-refractivity contribution in [3.63, 3.8) is 0 Å². The van der Waals surface area contributed by atoms with Gasteiger partial charge in [0.05, 0.1) is 0 Å². The molecule has 0 aliphatic carbocycles. The highest BCUT2D eigenvalue weighted by Crippen LogP contribution is 2.31. The molecule has 0 aliphatic heterocycles. The van der Waals surface area contributed by atoms with E-state index in [1.807, 2.05) is 86.6 Å². The molecule has 2 atom stereocenters. The van der Waals surface area contributed by atoms with Crippen LogP contribution in [0.1, 0.15) is 18.6 Å². The predicted octanol–water partition coefficient (Wildman–Crippen LogP) is 3.12. The minimum absolute atomic E-state index is 0.609. The number of para-hydroxylation sites is 1. The summed E-state index contributed by atoms with van der Waals surface area (Å²) in [5, 5.41) is 10.8. The molecule has 3 nitrogen and oxygen atoms in total. The summed E-state index contributed by atoms with van der Waals surface area (Å²) in [6.07, 6.45) is -0.707. The van der Waals surface area contributed by atoms with Gasteiger partial charge in [-0.3, -0.25) is 0 Å². The van der Waals surface area contributed by atoms with Crippen LogP contribution in [0, 0.1) is 0 Å². The first kappa shape index (κ1) is 15.5. The van der Waals surface area contributed by atoms with E-state index in [2.05, 4.69) is 0 Å². The average molecular weight is 285 g/mol. The fraction of sp³-hybridized carbons (Fsp3) is 0.333. The highest BCUT2D eigenvalue weighted by molar-refractivity contribution is 5.25. The predicted molar refractivity (Wildman–Crippen MR) is 85.4 cm³/mol. The first-order valence-corrected chi connectivity index (χ1v) is 7.13. The number of aliphatic hydroxyl groups is 1. The number of aliphatic hydroxyl groups excluding tert-OH is 1. The van der Waals surface area contributed by atoms with Crippen molar-refractivity contribution in [1.29, 1.82) is 0 Å². The van der Waals surface area contributed by atoms with Gasteiger partial charge >= 0.3 is 0 Å². The molecule has 1 N–H and O–H groups in total. The molecule has 0 saturated heterocycles. The van der Waals surface area contributed by atoms with Crippen LogP contribution in [0.3, 0.4) is 0 Å². The van der Waals surface area contributed by atoms with Gasteiger partial charge < -0.3 is 14.7 Å². The van der Waals surface area contributed by atoms with Crippen LogP contribution in [-0.2, 0) is 0 Å². The maximum Gasteiger partial charge on any atom is 0.149 e. The van der Waals surface area contributed by atoms with Gasteiger partial charge in [0.2, 0.25) is 0 Å². The maximum absolute atomic E-state index is 10.8. The average Bonchev–Trinajstić information content (AvgIpc) is 2.47. The van der Waals surface area contributed by atoms with Gasteiger partial charge in [0.15, 0.2) is 0 Å². The summed E-state index contributed by atoms with van der Waals surface area (Å²) >= 11 is 0. The number of ether oxygens (including phenoxy) is 1. The van der Waals surface area contributed by atoms with E-state index < -0.39 is 11.7 Å². The highest BCUT2D eigenvalue weighted by Gasteiger charge is 2.37. The molecule has 21 heavy (non-hydrogen) atoms. The Morgan fingerprint density at radius 2 is 1.52 bits per heavy atom. The molecule has 0 saturated carbocycles. The van der Waals surface area contributed by atoms with Gasteiger partial charge in [0.25, 0.3) is 0 Å². The number of hydrogen-bond donors (Lipinski definition) is 1. The van der Waals surface area contributed by atoms with E-state index in [0.29, 0.717) is 6.54 Å². The summed E-state index contributed by atoms with van der Waals surface area (Å²) in [5.74, 6) is 0.761. The summed E-state index contributed by atoms with van der Waals surface area (Å²) in [4.78, 5) is 2.02. The monoisotopic (exact) mass is 285 g/mol. The van der Waals surface area contributed by atoms with Gasteiger partial charge in [0, 0.05) is 6.54 Å². The first-order valence-electron chi connectivity index (χ1n) is 7.13. The van der Waals surface area contributed by atoms with Crippen LogP contribution in [0.4, 0.5) is 0 Å². The third kappa shape index (κ3) is 4.06. The second kappa shape index (κ2) is 6.74. The molecular weight excluding hydrogens is 262 g/mol. The number of nitrogens with zero attached hydrogens (tertiary/aromatic N) is 1. The van der Waals surface area contributed by atoms with Crippen molar-refractivity contribution in [1.82, 2.24) is 4.90 Å². The van der Waals surface area contributed by atoms with Crippen LogP contribution in [-0.4, -0.2) is 36.2 Å². The van der Waals surface area contributed by atoms with Crippen LogP contribution in [0.25, 0.3) is 0 Å². The zero-order valence-electron chi connectivity index (χ0n) is 12.9. The molecule has 2 aromatic carbocycles. The summed E-state index contributed by atoms with van der Waals surface area (Å²) in [6.45, 7) is 2.55. The summed E-state index contributed by atoms with van der Waals surface area (Å²) in [7, 11) is 3.95. The molecule has 0 aromatic heterocycles. The van der Waals surface area contributed by atoms with Gasteiger partial charge in [-0.2, -0.15) is 0 Å². The third-order valence-electron chi connectivity index (χ3n) is 3.42. The van der Waals surface area contributed by atoms with Gasteiger partial charge in [-0.15, -0.1) is 0 Å². The Kier molecular flexibility index (Phi) is 4.99. The molecule has 0 fully saturated rings. The smallest absolute Gasteiger partial charge is 0.149 e. The lowest BCUT2D eigenvalue weighted by Gasteiger charge is -2.37. The van der Waals surface area contributed by atoms with Gasteiger partial charge in [0.1, 0.15) is 17.5 Å². The number of hydrogen-bond acceptors (Lipinski definition) is 3. The molecule has 0 spiro atoms. The van der Waals surface area contributed by atoms with E-state index in [1.165, 1.54) is 0 Å². The van der Waals surface area contributed by atoms with Crippen molar-refractivity contribution >= 4 is 0 Å². The van der Waals surface area contributed by atoms with Crippen molar-refractivity contribution in [2.45, 2.75) is 18.6 Å². The van der Waals surface area contributed by atoms with Crippen LogP contribution in [0.5, 0.6) is 5.75 Å². The Morgan fingerprint density at radius 3 is 2.05 bits per heavy atom. The highest BCUT2D eigenvalue weighted by atomic mass is 16.5. The van der Waals surface area contributed by atoms with Crippen LogP contribution >= 0.6 is 0 Å². The molecule has 0 heterocycles. The number of likely N-dealkylation sites (N-methyl/N-ethyl adjacent to an activating group) is 1. The molecule has 112 valence electrons. The van der Waals surface area contributed by atoms with Crippen molar-refractivity contribution in [3.8, 4) is 5.75 Å². The van der Waals surface area contributed by atoms with Crippen molar-refractivity contribution in [3.05, 3.63) is 66.2 Å². The molecule has 3 heteroatoms. The first-order chi connectivity index (χ1) is 10.0. The Bertz CT molecular complexity index is 542. The second-order valence-corrected chi connectivity index (χ2v) is 5.78. The largest absolute Gasteiger partial charge is 0.483 e. The van der Waals surface area contributed by atoms with Crippen molar-refractivity contribution < 1.29 is 9.84 Å². The van der Waals surface area contributed by atoms with E-state index in [0.717, 1.165) is 11.3 Å². The lowest BCUT2D eigenvalue weighted by atomic mass is 9.92. The van der Waals surface area contributed by atoms with Crippen LogP contribution in [0.15, 0.2) is 60.7 Å². The molecular formula is C18H23NO2. The topological polar surface area (TPSA) is 32.7 Å². The fourth-order valence-electron chi connectivity index (χ4n) is 2.55. The second-order valence-electron chi connectivity index (χ2n) is 5.78. The Balaban J connectivity index is 2.28. The SMILES string of the molecule is CN(C)C[C@](C)(Oc1ccccc1)[C@@H](O)c1ccccc1. The molecule has 0 amide bonds. The molecule has 0 radical (unpaired) electrons. The van der Waals surface area contributed by atoms with E-state index >= 15 is 0 Å². The van der Waals surface area contributed by atoms with Gasteiger partial charge in [-0.1, -0.05) is 48.5 Å². The van der Waals surface area contributed by atoms with E-state index in [-0.39, 0.29) is 0 Å². The van der Waals surface area contributed by atoms with E-state index in [9.17, 15) is 5.11 Å². The Labute approximate surface area is 126 Å². The Morgan fingerprint density at radius 1 is 1.00 bits per heavy atom. The number of benzene rings is 2. The van der Waals surface area contributed by atoms with E-state index in [1.54, 1.807) is 0 Å². The summed E-state index contributed by atoms with van der Waals surface area (Å²) < 4.78 is 6.14. The van der Waals surface area contributed by atoms with Gasteiger partial charge in [-0.05, 0) is 38.7 Å². The Hall–Kier alpha value is -1.84. The third-order valence-corrected chi connectivity index (χ3v) is 3.42. The lowest BCUT2D eigenvalue weighted by molar-refractivity contribution is -0.0569.